The van der Waals surface area contributed by atoms with E-state index < -0.39 is 9.05 Å². The third kappa shape index (κ3) is 4.75. The molecule has 1 amide bonds. The molecule has 4 nitrogen and oxygen atoms in total. The van der Waals surface area contributed by atoms with Gasteiger partial charge in [-0.05, 0) is 24.1 Å². The van der Waals surface area contributed by atoms with Crippen molar-refractivity contribution in [1.82, 2.24) is 4.90 Å². The zero-order valence-corrected chi connectivity index (χ0v) is 13.9. The molecule has 110 valence electrons. The number of benzene rings is 1. The van der Waals surface area contributed by atoms with Crippen LogP contribution in [0.5, 0.6) is 0 Å². The molecule has 0 saturated carbocycles. The predicted molar refractivity (Wildman–Crippen MR) is 82.2 cm³/mol. The van der Waals surface area contributed by atoms with Crippen LogP contribution in [0.4, 0.5) is 0 Å². The average molecular weight is 381 g/mol. The van der Waals surface area contributed by atoms with Crippen molar-refractivity contribution < 1.29 is 13.2 Å². The van der Waals surface area contributed by atoms with Crippen molar-refractivity contribution in [3.8, 4) is 0 Å². The first-order valence-electron chi connectivity index (χ1n) is 6.28. The number of hydrogen-bond donors (Lipinski definition) is 0. The second-order valence-electron chi connectivity index (χ2n) is 4.99. The number of amides is 1. The molecule has 1 saturated heterocycles. The highest BCUT2D eigenvalue weighted by Gasteiger charge is 2.31. The van der Waals surface area contributed by atoms with Crippen LogP contribution in [0, 0.1) is 5.92 Å². The van der Waals surface area contributed by atoms with Gasteiger partial charge in [0.15, 0.2) is 0 Å². The van der Waals surface area contributed by atoms with Crippen LogP contribution >= 0.6 is 26.6 Å². The summed E-state index contributed by atoms with van der Waals surface area (Å²) in [4.78, 5) is 13.5. The second kappa shape index (κ2) is 6.45. The van der Waals surface area contributed by atoms with E-state index in [1.54, 1.807) is 4.90 Å². The molecule has 1 aromatic carbocycles. The Labute approximate surface area is 131 Å². The van der Waals surface area contributed by atoms with Crippen molar-refractivity contribution in [2.45, 2.75) is 12.8 Å². The average Bonchev–Trinajstić information content (AvgIpc) is 2.66. The van der Waals surface area contributed by atoms with E-state index in [0.29, 0.717) is 13.1 Å². The SMILES string of the molecule is O=C1CC(CS(=O)(=O)Cl)CN1CCc1ccc(Br)cc1. The Morgan fingerprint density at radius 1 is 1.30 bits per heavy atom. The Hall–Kier alpha value is -0.590. The van der Waals surface area contributed by atoms with Gasteiger partial charge >= 0.3 is 0 Å². The number of likely N-dealkylation sites (tertiary alicyclic amines) is 1. The van der Waals surface area contributed by atoms with Crippen molar-refractivity contribution >= 4 is 41.6 Å². The van der Waals surface area contributed by atoms with E-state index >= 15 is 0 Å². The number of carbonyl (C=O) groups excluding carboxylic acids is 1. The summed E-state index contributed by atoms with van der Waals surface area (Å²) in [5, 5.41) is 0. The molecule has 7 heteroatoms. The summed E-state index contributed by atoms with van der Waals surface area (Å²) in [6, 6.07) is 7.94. The van der Waals surface area contributed by atoms with Crippen LogP contribution < -0.4 is 0 Å². The van der Waals surface area contributed by atoms with Crippen LogP contribution in [0.15, 0.2) is 28.7 Å². The second-order valence-corrected chi connectivity index (χ2v) is 8.73. The molecule has 1 atom stereocenters. The molecule has 20 heavy (non-hydrogen) atoms. The lowest BCUT2D eigenvalue weighted by Crippen LogP contribution is -2.28. The van der Waals surface area contributed by atoms with E-state index in [1.807, 2.05) is 24.3 Å². The highest BCUT2D eigenvalue weighted by atomic mass is 79.9. The van der Waals surface area contributed by atoms with Gasteiger partial charge in [-0.3, -0.25) is 4.79 Å². The summed E-state index contributed by atoms with van der Waals surface area (Å²) in [6.45, 7) is 1.08. The van der Waals surface area contributed by atoms with Crippen LogP contribution in [-0.4, -0.2) is 38.1 Å². The highest BCUT2D eigenvalue weighted by molar-refractivity contribution is 9.10. The largest absolute Gasteiger partial charge is 0.342 e. The number of nitrogens with zero attached hydrogens (tertiary/aromatic N) is 1. The number of carbonyl (C=O) groups is 1. The fraction of sp³-hybridized carbons (Fsp3) is 0.462. The lowest BCUT2D eigenvalue weighted by atomic mass is 10.1. The number of hydrogen-bond acceptors (Lipinski definition) is 3. The van der Waals surface area contributed by atoms with Crippen LogP contribution in [-0.2, 0) is 20.3 Å². The minimum Gasteiger partial charge on any atom is -0.342 e. The van der Waals surface area contributed by atoms with E-state index in [1.165, 1.54) is 0 Å². The molecule has 0 spiro atoms. The third-order valence-corrected chi connectivity index (χ3v) is 5.09. The lowest BCUT2D eigenvalue weighted by Gasteiger charge is -2.16. The van der Waals surface area contributed by atoms with Gasteiger partial charge in [0.1, 0.15) is 0 Å². The van der Waals surface area contributed by atoms with E-state index in [-0.39, 0.29) is 24.0 Å². The summed E-state index contributed by atoms with van der Waals surface area (Å²) in [5.41, 5.74) is 1.15. The van der Waals surface area contributed by atoms with E-state index in [0.717, 1.165) is 16.5 Å². The smallest absolute Gasteiger partial charge is 0.232 e. The minimum atomic E-state index is -3.54. The monoisotopic (exact) mass is 379 g/mol. The third-order valence-electron chi connectivity index (χ3n) is 3.31. The molecule has 1 heterocycles. The van der Waals surface area contributed by atoms with Gasteiger partial charge < -0.3 is 4.90 Å². The van der Waals surface area contributed by atoms with E-state index in [9.17, 15) is 13.2 Å². The van der Waals surface area contributed by atoms with Crippen molar-refractivity contribution in [3.05, 3.63) is 34.3 Å². The van der Waals surface area contributed by atoms with Crippen LogP contribution in [0.1, 0.15) is 12.0 Å². The van der Waals surface area contributed by atoms with Gasteiger partial charge in [0.05, 0.1) is 5.75 Å². The molecule has 1 fully saturated rings. The molecule has 0 radical (unpaired) electrons. The molecule has 0 N–H and O–H groups in total. The molecule has 1 aromatic rings. The van der Waals surface area contributed by atoms with Gasteiger partial charge in [0, 0.05) is 40.6 Å². The molecular weight excluding hydrogens is 366 g/mol. The standard InChI is InChI=1S/C13H15BrClNO3S/c14-12-3-1-10(2-4-12)5-6-16-8-11(7-13(16)17)9-20(15,18)19/h1-4,11H,5-9H2. The van der Waals surface area contributed by atoms with Gasteiger partial charge in [-0.25, -0.2) is 8.42 Å². The molecular formula is C13H15BrClNO3S. The zero-order valence-electron chi connectivity index (χ0n) is 10.8. The summed E-state index contributed by atoms with van der Waals surface area (Å²) >= 11 is 3.37. The Morgan fingerprint density at radius 3 is 2.55 bits per heavy atom. The van der Waals surface area contributed by atoms with Crippen molar-refractivity contribution in [2.75, 3.05) is 18.8 Å². The normalized spacial score (nSPS) is 19.6. The summed E-state index contributed by atoms with van der Waals surface area (Å²) in [6.07, 6.45) is 1.03. The first-order chi connectivity index (χ1) is 9.33. The van der Waals surface area contributed by atoms with Gasteiger partial charge in [-0.1, -0.05) is 28.1 Å². The Morgan fingerprint density at radius 2 is 1.95 bits per heavy atom. The van der Waals surface area contributed by atoms with Crippen LogP contribution in [0.25, 0.3) is 0 Å². The van der Waals surface area contributed by atoms with Crippen molar-refractivity contribution in [2.24, 2.45) is 5.92 Å². The molecule has 0 bridgehead atoms. The summed E-state index contributed by atoms with van der Waals surface area (Å²) in [7, 11) is 1.70. The number of rotatable bonds is 5. The van der Waals surface area contributed by atoms with Gasteiger partial charge in [0.2, 0.25) is 15.0 Å². The minimum absolute atomic E-state index is 0.00688. The van der Waals surface area contributed by atoms with Crippen LogP contribution in [0.2, 0.25) is 0 Å². The van der Waals surface area contributed by atoms with Crippen molar-refractivity contribution in [3.63, 3.8) is 0 Å². The molecule has 1 unspecified atom stereocenters. The van der Waals surface area contributed by atoms with Crippen molar-refractivity contribution in [1.29, 1.82) is 0 Å². The first kappa shape index (κ1) is 15.8. The topological polar surface area (TPSA) is 54.5 Å². The fourth-order valence-electron chi connectivity index (χ4n) is 2.38. The van der Waals surface area contributed by atoms with Gasteiger partial charge in [0.25, 0.3) is 0 Å². The zero-order chi connectivity index (χ0) is 14.8. The maximum absolute atomic E-state index is 11.8. The Bertz CT molecular complexity index is 588. The lowest BCUT2D eigenvalue weighted by molar-refractivity contribution is -0.127. The number of halogens is 2. The molecule has 1 aliphatic heterocycles. The van der Waals surface area contributed by atoms with Gasteiger partial charge in [-0.2, -0.15) is 0 Å². The molecule has 2 rings (SSSR count). The van der Waals surface area contributed by atoms with E-state index in [2.05, 4.69) is 15.9 Å². The van der Waals surface area contributed by atoms with Crippen LogP contribution in [0.3, 0.4) is 0 Å². The Balaban J connectivity index is 1.87. The fourth-order valence-corrected chi connectivity index (χ4v) is 3.96. The predicted octanol–water partition coefficient (Wildman–Crippen LogP) is 2.41. The Kier molecular flexibility index (Phi) is 5.09. The first-order valence-corrected chi connectivity index (χ1v) is 9.55. The van der Waals surface area contributed by atoms with E-state index in [4.69, 9.17) is 10.7 Å². The quantitative estimate of drug-likeness (QED) is 0.737. The molecule has 1 aliphatic rings. The maximum atomic E-state index is 11.8. The molecule has 0 aliphatic carbocycles. The maximum Gasteiger partial charge on any atom is 0.232 e. The highest BCUT2D eigenvalue weighted by Crippen LogP contribution is 2.21. The summed E-state index contributed by atoms with van der Waals surface area (Å²) in [5.74, 6) is -0.308. The summed E-state index contributed by atoms with van der Waals surface area (Å²) < 4.78 is 23.1. The molecule has 0 aromatic heterocycles. The van der Waals surface area contributed by atoms with Gasteiger partial charge in [-0.15, -0.1) is 0 Å².